The van der Waals surface area contributed by atoms with Gasteiger partial charge in [-0.3, -0.25) is 4.79 Å². The lowest BCUT2D eigenvalue weighted by molar-refractivity contribution is 0.0593. The minimum atomic E-state index is -0.354. The molecule has 1 heterocycles. The molecule has 0 bridgehead atoms. The first-order valence-electron chi connectivity index (χ1n) is 7.55. The number of benzene rings is 2. The van der Waals surface area contributed by atoms with Crippen molar-refractivity contribution >= 4 is 11.6 Å². The van der Waals surface area contributed by atoms with E-state index in [9.17, 15) is 9.18 Å². The molecule has 2 aromatic rings. The van der Waals surface area contributed by atoms with Gasteiger partial charge in [0, 0.05) is 11.7 Å². The highest BCUT2D eigenvalue weighted by molar-refractivity contribution is 6.01. The molecule has 0 saturated carbocycles. The number of anilines is 1. The Labute approximate surface area is 129 Å². The average molecular weight is 298 g/mol. The van der Waals surface area contributed by atoms with E-state index < -0.39 is 0 Å². The highest BCUT2D eigenvalue weighted by Crippen LogP contribution is 2.35. The highest BCUT2D eigenvalue weighted by Gasteiger charge is 2.35. The van der Waals surface area contributed by atoms with E-state index >= 15 is 0 Å². The van der Waals surface area contributed by atoms with Crippen LogP contribution in [0.3, 0.4) is 0 Å². The summed E-state index contributed by atoms with van der Waals surface area (Å²) in [4.78, 5) is 14.7. The summed E-state index contributed by atoms with van der Waals surface area (Å²) in [6.07, 6.45) is 0.481. The van der Waals surface area contributed by atoms with Gasteiger partial charge in [-0.05, 0) is 43.2 Å². The van der Waals surface area contributed by atoms with Gasteiger partial charge in [-0.15, -0.1) is 0 Å². The summed E-state index contributed by atoms with van der Waals surface area (Å²) >= 11 is 0. The molecule has 0 aromatic heterocycles. The number of halogens is 1. The number of rotatable bonds is 3. The third kappa shape index (κ3) is 2.45. The first-order valence-corrected chi connectivity index (χ1v) is 7.55. The Morgan fingerprint density at radius 3 is 2.73 bits per heavy atom. The van der Waals surface area contributed by atoms with E-state index in [-0.39, 0.29) is 23.9 Å². The van der Waals surface area contributed by atoms with Crippen molar-refractivity contribution in [2.45, 2.75) is 32.5 Å². The quantitative estimate of drug-likeness (QED) is 0.921. The van der Waals surface area contributed by atoms with Crippen LogP contribution < -0.4 is 5.32 Å². The SMILES string of the molecule is CC[C@H](C)N1C(=O)c2ccccc2N[C@H]1c1cccc(F)c1. The molecule has 1 aliphatic heterocycles. The van der Waals surface area contributed by atoms with Gasteiger partial charge >= 0.3 is 0 Å². The summed E-state index contributed by atoms with van der Waals surface area (Å²) in [6.45, 7) is 4.06. The zero-order chi connectivity index (χ0) is 15.7. The molecule has 1 aliphatic rings. The second-order valence-corrected chi connectivity index (χ2v) is 5.62. The molecule has 0 aliphatic carbocycles. The Morgan fingerprint density at radius 1 is 1.23 bits per heavy atom. The molecule has 3 nitrogen and oxygen atoms in total. The van der Waals surface area contributed by atoms with Crippen LogP contribution in [0.25, 0.3) is 0 Å². The van der Waals surface area contributed by atoms with Gasteiger partial charge in [-0.1, -0.05) is 31.2 Å². The molecular formula is C18H19FN2O. The summed E-state index contributed by atoms with van der Waals surface area (Å²) in [7, 11) is 0. The van der Waals surface area contributed by atoms with Crippen molar-refractivity contribution in [3.8, 4) is 0 Å². The van der Waals surface area contributed by atoms with E-state index in [1.54, 1.807) is 11.0 Å². The number of carbonyl (C=O) groups excluding carboxylic acids is 1. The summed E-state index contributed by atoms with van der Waals surface area (Å²) < 4.78 is 13.6. The van der Waals surface area contributed by atoms with Gasteiger partial charge in [0.1, 0.15) is 12.0 Å². The first kappa shape index (κ1) is 14.6. The number of hydrogen-bond acceptors (Lipinski definition) is 2. The molecule has 0 spiro atoms. The number of fused-ring (bicyclic) bond motifs is 1. The van der Waals surface area contributed by atoms with Crippen molar-refractivity contribution in [2.75, 3.05) is 5.32 Å². The van der Waals surface area contributed by atoms with E-state index in [1.165, 1.54) is 12.1 Å². The third-order valence-corrected chi connectivity index (χ3v) is 4.19. The summed E-state index contributed by atoms with van der Waals surface area (Å²) in [5, 5.41) is 3.37. The molecule has 4 heteroatoms. The van der Waals surface area contributed by atoms with E-state index in [2.05, 4.69) is 5.32 Å². The van der Waals surface area contributed by atoms with Gasteiger partial charge in [0.05, 0.1) is 5.56 Å². The van der Waals surface area contributed by atoms with Crippen LogP contribution in [-0.4, -0.2) is 16.8 Å². The Morgan fingerprint density at radius 2 is 2.00 bits per heavy atom. The number of hydrogen-bond donors (Lipinski definition) is 1. The van der Waals surface area contributed by atoms with E-state index in [1.807, 2.05) is 44.2 Å². The number of amides is 1. The van der Waals surface area contributed by atoms with Crippen molar-refractivity contribution in [1.29, 1.82) is 0 Å². The third-order valence-electron chi connectivity index (χ3n) is 4.19. The standard InChI is InChI=1S/C18H19FN2O/c1-3-12(2)21-17(13-7-6-8-14(19)11-13)20-16-10-5-4-9-15(16)18(21)22/h4-12,17,20H,3H2,1-2H3/t12-,17+/m0/s1. The monoisotopic (exact) mass is 298 g/mol. The van der Waals surface area contributed by atoms with Crippen LogP contribution in [0.5, 0.6) is 0 Å². The number of nitrogens with zero attached hydrogens (tertiary/aromatic N) is 1. The second-order valence-electron chi connectivity index (χ2n) is 5.62. The Kier molecular flexibility index (Phi) is 3.84. The Bertz CT molecular complexity index is 701. The van der Waals surface area contributed by atoms with Crippen LogP contribution in [0.2, 0.25) is 0 Å². The molecule has 0 saturated heterocycles. The van der Waals surface area contributed by atoms with Gasteiger partial charge in [0.15, 0.2) is 0 Å². The molecule has 1 N–H and O–H groups in total. The highest BCUT2D eigenvalue weighted by atomic mass is 19.1. The number of nitrogens with one attached hydrogen (secondary N) is 1. The summed E-state index contributed by atoms with van der Waals surface area (Å²) in [5.74, 6) is -0.312. The van der Waals surface area contributed by atoms with Crippen LogP contribution in [-0.2, 0) is 0 Å². The number of carbonyl (C=O) groups is 1. The molecule has 0 fully saturated rings. The molecule has 2 atom stereocenters. The fourth-order valence-corrected chi connectivity index (χ4v) is 2.84. The lowest BCUT2D eigenvalue weighted by Crippen LogP contribution is -2.47. The van der Waals surface area contributed by atoms with E-state index in [0.717, 1.165) is 17.7 Å². The maximum Gasteiger partial charge on any atom is 0.258 e. The van der Waals surface area contributed by atoms with Crippen LogP contribution in [0.4, 0.5) is 10.1 Å². The maximum absolute atomic E-state index is 13.6. The lowest BCUT2D eigenvalue weighted by Gasteiger charge is -2.41. The molecule has 0 unspecified atom stereocenters. The van der Waals surface area contributed by atoms with Crippen molar-refractivity contribution in [3.05, 3.63) is 65.5 Å². The lowest BCUT2D eigenvalue weighted by atomic mass is 10.0. The molecule has 22 heavy (non-hydrogen) atoms. The Hall–Kier alpha value is -2.36. The molecule has 3 rings (SSSR count). The fourth-order valence-electron chi connectivity index (χ4n) is 2.84. The number of para-hydroxylation sites is 1. The van der Waals surface area contributed by atoms with E-state index in [4.69, 9.17) is 0 Å². The fraction of sp³-hybridized carbons (Fsp3) is 0.278. The molecule has 2 aromatic carbocycles. The van der Waals surface area contributed by atoms with Gasteiger partial charge in [-0.2, -0.15) is 0 Å². The Balaban J connectivity index is 2.09. The van der Waals surface area contributed by atoms with E-state index in [0.29, 0.717) is 5.56 Å². The zero-order valence-electron chi connectivity index (χ0n) is 12.7. The summed E-state index contributed by atoms with van der Waals surface area (Å²) in [6, 6.07) is 13.9. The molecule has 0 radical (unpaired) electrons. The normalized spacial score (nSPS) is 18.6. The largest absolute Gasteiger partial charge is 0.361 e. The van der Waals surface area contributed by atoms with Gasteiger partial charge < -0.3 is 10.2 Å². The predicted molar refractivity (Wildman–Crippen MR) is 85.1 cm³/mol. The topological polar surface area (TPSA) is 32.3 Å². The van der Waals surface area contributed by atoms with Gasteiger partial charge in [0.2, 0.25) is 0 Å². The first-order chi connectivity index (χ1) is 10.6. The molecular weight excluding hydrogens is 279 g/mol. The second kappa shape index (κ2) is 5.79. The zero-order valence-corrected chi connectivity index (χ0v) is 12.7. The average Bonchev–Trinajstić information content (AvgIpc) is 2.54. The van der Waals surface area contributed by atoms with Gasteiger partial charge in [0.25, 0.3) is 5.91 Å². The van der Waals surface area contributed by atoms with Crippen LogP contribution in [0, 0.1) is 5.82 Å². The van der Waals surface area contributed by atoms with Crippen molar-refractivity contribution in [1.82, 2.24) is 4.90 Å². The smallest absolute Gasteiger partial charge is 0.258 e. The molecule has 114 valence electrons. The maximum atomic E-state index is 13.6. The van der Waals surface area contributed by atoms with Gasteiger partial charge in [-0.25, -0.2) is 4.39 Å². The van der Waals surface area contributed by atoms with Crippen LogP contribution in [0.15, 0.2) is 48.5 Å². The molecule has 1 amide bonds. The van der Waals surface area contributed by atoms with Crippen LogP contribution >= 0.6 is 0 Å². The minimum absolute atomic E-state index is 0.0158. The van der Waals surface area contributed by atoms with Crippen molar-refractivity contribution < 1.29 is 9.18 Å². The van der Waals surface area contributed by atoms with Crippen molar-refractivity contribution in [3.63, 3.8) is 0 Å². The van der Waals surface area contributed by atoms with Crippen LogP contribution in [0.1, 0.15) is 42.4 Å². The predicted octanol–water partition coefficient (Wildman–Crippen LogP) is 4.19. The summed E-state index contributed by atoms with van der Waals surface area (Å²) in [5.41, 5.74) is 2.21. The minimum Gasteiger partial charge on any atom is -0.361 e. The van der Waals surface area contributed by atoms with Crippen molar-refractivity contribution in [2.24, 2.45) is 0 Å².